The monoisotopic (exact) mass is 105 g/mol. The van der Waals surface area contributed by atoms with Gasteiger partial charge in [0.2, 0.25) is 0 Å². The van der Waals surface area contributed by atoms with E-state index in [1.807, 2.05) is 0 Å². The first-order chi connectivity index (χ1) is 4.43. The molecule has 7 heavy (non-hydrogen) atoms. The lowest BCUT2D eigenvalue weighted by atomic mass is 10.1. The molecule has 0 spiro atoms. The van der Waals surface area contributed by atoms with E-state index in [1.165, 1.54) is 32.1 Å². The molecule has 0 aromatic heterocycles. The maximum atomic E-state index is 5.00. The molecule has 0 aromatic rings. The van der Waals surface area contributed by atoms with Gasteiger partial charge >= 0.3 is 0 Å². The molecular weight excluding hydrogens is 84.1 g/mol. The van der Waals surface area contributed by atoms with Crippen molar-refractivity contribution in [3.63, 3.8) is 0 Å². The van der Waals surface area contributed by atoms with E-state index in [0.29, 0.717) is 0 Å². The minimum absolute atomic E-state index is 0. The van der Waals surface area contributed by atoms with Crippen LogP contribution in [0.1, 0.15) is 43.4 Å². The van der Waals surface area contributed by atoms with Gasteiger partial charge in [0.05, 0.1) is 0 Å². The third kappa shape index (κ3) is 1.19. The van der Waals surface area contributed by atoms with Crippen molar-refractivity contribution in [3.8, 4) is 0 Å². The standard InChI is InChI=1S/C7H14.2H2/c1-2-7-5-3-4-6-7;;/h7H,2-6H2,1H3;2*1H/i;1+1D;1+1. The Balaban J connectivity index is 0. The molecule has 1 fully saturated rings. The molecule has 0 aromatic carbocycles. The molecule has 1 saturated carbocycles. The van der Waals surface area contributed by atoms with Gasteiger partial charge in [-0.1, -0.05) is 39.0 Å². The van der Waals surface area contributed by atoms with Gasteiger partial charge in [-0.3, -0.25) is 0 Å². The molecule has 0 unspecified atom stereocenters. The van der Waals surface area contributed by atoms with Gasteiger partial charge in [-0.15, -0.1) is 0 Å². The Hall–Kier alpha value is 0. The summed E-state index contributed by atoms with van der Waals surface area (Å²) < 4.78 is 10.0. The van der Waals surface area contributed by atoms with Crippen molar-refractivity contribution in [1.29, 1.82) is 0 Å². The van der Waals surface area contributed by atoms with E-state index in [4.69, 9.17) is 2.97 Å². The average molecular weight is 105 g/mol. The number of hydrogen-bond donors (Lipinski definition) is 0. The predicted octanol–water partition coefficient (Wildman–Crippen LogP) is 3.08. The molecule has 46 valence electrons. The molecule has 0 heteroatoms. The topological polar surface area (TPSA) is 0 Å². The van der Waals surface area contributed by atoms with E-state index in [9.17, 15) is 0 Å². The molecule has 0 radical (unpaired) electrons. The lowest BCUT2D eigenvalue weighted by Gasteiger charge is -1.99. The van der Waals surface area contributed by atoms with E-state index in [2.05, 4.69) is 6.92 Å². The summed E-state index contributed by atoms with van der Waals surface area (Å²) in [4.78, 5) is 0. The van der Waals surface area contributed by atoms with Crippen LogP contribution in [0.15, 0.2) is 0 Å². The summed E-state index contributed by atoms with van der Waals surface area (Å²) in [7, 11) is 0. The van der Waals surface area contributed by atoms with Gasteiger partial charge in [-0.2, -0.15) is 0 Å². The molecule has 0 bridgehead atoms. The van der Waals surface area contributed by atoms with Gasteiger partial charge in [-0.25, -0.2) is 0 Å². The van der Waals surface area contributed by atoms with Crippen LogP contribution in [0.4, 0.5) is 0 Å². The summed E-state index contributed by atoms with van der Waals surface area (Å²) in [6.45, 7) is 2.30. The van der Waals surface area contributed by atoms with Gasteiger partial charge in [0.25, 0.3) is 0 Å². The SMILES string of the molecule is CCC1CCCC1.[2HH].[2H][2H]. The molecule has 0 saturated heterocycles. The largest absolute Gasteiger partial charge is 0.0651 e. The van der Waals surface area contributed by atoms with Gasteiger partial charge in [0, 0.05) is 4.40 Å². The Labute approximate surface area is 50.5 Å². The van der Waals surface area contributed by atoms with E-state index < -0.39 is 0 Å². The summed E-state index contributed by atoms with van der Waals surface area (Å²) >= 11 is 0. The summed E-state index contributed by atoms with van der Waals surface area (Å²) in [5.41, 5.74) is 0. The highest BCUT2D eigenvalue weighted by Crippen LogP contribution is 2.26. The highest BCUT2D eigenvalue weighted by molar-refractivity contribution is 4.64. The van der Waals surface area contributed by atoms with Gasteiger partial charge in [-0.05, 0) is 5.92 Å². The number of rotatable bonds is 1. The zero-order valence-corrected chi connectivity index (χ0v) is 5.11. The molecule has 1 aliphatic rings. The zero-order valence-electron chi connectivity index (χ0n) is 7.11. The Kier molecular flexibility index (Phi) is 1.32. The average Bonchev–Trinajstić information content (AvgIpc) is 2.43. The van der Waals surface area contributed by atoms with Crippen LogP contribution in [0.25, 0.3) is 0 Å². The molecule has 0 aliphatic heterocycles. The van der Waals surface area contributed by atoms with E-state index in [1.54, 1.807) is 0 Å². The second-order valence-electron chi connectivity index (χ2n) is 2.56. The maximum Gasteiger partial charge on any atom is 0 e. The van der Waals surface area contributed by atoms with Crippen molar-refractivity contribution in [1.82, 2.24) is 0 Å². The quantitative estimate of drug-likeness (QED) is 0.480. The Morgan fingerprint density at radius 2 is 2.14 bits per heavy atom. The van der Waals surface area contributed by atoms with Gasteiger partial charge in [0.15, 0.2) is 0 Å². The summed E-state index contributed by atoms with van der Waals surface area (Å²) in [5.74, 6) is 1.10. The maximum absolute atomic E-state index is 5.00. The summed E-state index contributed by atoms with van der Waals surface area (Å²) in [6, 6.07) is 0. The summed E-state index contributed by atoms with van der Waals surface area (Å²) in [6.07, 6.45) is 7.43. The molecule has 0 N–H and O–H groups in total. The summed E-state index contributed by atoms with van der Waals surface area (Å²) in [5, 5.41) is 0. The van der Waals surface area contributed by atoms with E-state index in [0.717, 1.165) is 5.92 Å². The van der Waals surface area contributed by atoms with E-state index in [-0.39, 0.29) is 1.43 Å². The minimum Gasteiger partial charge on any atom is -0.0651 e. The van der Waals surface area contributed by atoms with Gasteiger partial charge in [0.1, 0.15) is 0 Å². The van der Waals surface area contributed by atoms with E-state index >= 15 is 0 Å². The fourth-order valence-corrected chi connectivity index (χ4v) is 1.42. The van der Waals surface area contributed by atoms with Crippen molar-refractivity contribution >= 4 is 0 Å². The van der Waals surface area contributed by atoms with Crippen LogP contribution in [-0.4, -0.2) is 0 Å². The smallest absolute Gasteiger partial charge is 0 e. The Morgan fingerprint density at radius 3 is 2.43 bits per heavy atom. The second-order valence-corrected chi connectivity index (χ2v) is 2.56. The second kappa shape index (κ2) is 2.34. The lowest BCUT2D eigenvalue weighted by Crippen LogP contribution is -1.86. The van der Waals surface area contributed by atoms with Crippen LogP contribution in [0.3, 0.4) is 0 Å². The van der Waals surface area contributed by atoms with Crippen LogP contribution in [0, 0.1) is 5.92 Å². The first kappa shape index (κ1) is 3.94. The van der Waals surface area contributed by atoms with Crippen LogP contribution < -0.4 is 0 Å². The third-order valence-corrected chi connectivity index (χ3v) is 2.05. The van der Waals surface area contributed by atoms with Crippen LogP contribution in [-0.2, 0) is 0 Å². The predicted molar refractivity (Wildman–Crippen MR) is 36.5 cm³/mol. The first-order valence-corrected chi connectivity index (χ1v) is 3.43. The van der Waals surface area contributed by atoms with Crippen molar-refractivity contribution in [2.24, 2.45) is 5.92 Å². The molecule has 0 nitrogen and oxygen atoms in total. The van der Waals surface area contributed by atoms with Crippen LogP contribution >= 0.6 is 0 Å². The molecule has 1 aliphatic carbocycles. The molecule has 0 atom stereocenters. The molecular formula is C7H18. The Morgan fingerprint density at radius 1 is 1.57 bits per heavy atom. The lowest BCUT2D eigenvalue weighted by molar-refractivity contribution is 0.531. The third-order valence-electron chi connectivity index (χ3n) is 2.05. The molecule has 0 heterocycles. The van der Waals surface area contributed by atoms with Crippen molar-refractivity contribution in [2.75, 3.05) is 0 Å². The van der Waals surface area contributed by atoms with Gasteiger partial charge < -0.3 is 0 Å². The normalized spacial score (nSPS) is 24.7. The molecule has 1 rings (SSSR count). The fraction of sp³-hybridized carbons (Fsp3) is 1.00. The van der Waals surface area contributed by atoms with Crippen LogP contribution in [0.5, 0.6) is 0 Å². The minimum atomic E-state index is 0. The fourth-order valence-electron chi connectivity index (χ4n) is 1.42. The molecule has 0 amide bonds. The van der Waals surface area contributed by atoms with Crippen LogP contribution in [0.2, 0.25) is 0 Å². The van der Waals surface area contributed by atoms with Crippen molar-refractivity contribution < 1.29 is 4.40 Å². The highest BCUT2D eigenvalue weighted by Gasteiger charge is 2.11. The Bertz CT molecular complexity index is 50.8. The van der Waals surface area contributed by atoms with Crippen molar-refractivity contribution in [3.05, 3.63) is 0 Å². The highest BCUT2D eigenvalue weighted by atomic mass is 14.2. The zero-order chi connectivity index (χ0) is 7.11. The van der Waals surface area contributed by atoms with Crippen molar-refractivity contribution in [2.45, 2.75) is 39.0 Å². The first-order valence-electron chi connectivity index (χ1n) is 4.43. The number of hydrogen-bond acceptors (Lipinski definition) is 0.